The van der Waals surface area contributed by atoms with Crippen LogP contribution in [-0.2, 0) is 28.9 Å². The average Bonchev–Trinajstić information content (AvgIpc) is 3.41. The van der Waals surface area contributed by atoms with E-state index in [2.05, 4.69) is 33.4 Å². The van der Waals surface area contributed by atoms with E-state index >= 15 is 0 Å². The molecule has 47 heavy (non-hydrogen) atoms. The summed E-state index contributed by atoms with van der Waals surface area (Å²) in [7, 11) is 0. The molecule has 244 valence electrons. The van der Waals surface area contributed by atoms with E-state index in [-0.39, 0.29) is 18.1 Å². The van der Waals surface area contributed by atoms with Gasteiger partial charge in [0, 0.05) is 49.3 Å². The van der Waals surface area contributed by atoms with Crippen molar-refractivity contribution in [3.63, 3.8) is 0 Å². The lowest BCUT2D eigenvalue weighted by molar-refractivity contribution is -0.123. The fraction of sp³-hybridized carbons (Fsp3) is 0.405. The molecule has 2 amide bonds. The van der Waals surface area contributed by atoms with E-state index in [1.807, 2.05) is 60.3 Å². The first-order valence-electron chi connectivity index (χ1n) is 16.7. The van der Waals surface area contributed by atoms with Crippen LogP contribution in [0.25, 0.3) is 0 Å². The Morgan fingerprint density at radius 3 is 2.66 bits per heavy atom. The number of rotatable bonds is 6. The first kappa shape index (κ1) is 31.4. The number of carbonyl (C=O) groups excluding carboxylic acids is 2. The molecule has 4 aromatic rings. The van der Waals surface area contributed by atoms with Crippen LogP contribution in [0.4, 0.5) is 10.5 Å². The molecule has 1 saturated heterocycles. The number of imidazole rings is 1. The lowest BCUT2D eigenvalue weighted by Gasteiger charge is -2.43. The molecule has 3 aliphatic rings. The predicted octanol–water partition coefficient (Wildman–Crippen LogP) is 6.57. The Balaban J connectivity index is 1.18. The van der Waals surface area contributed by atoms with Crippen molar-refractivity contribution in [2.24, 2.45) is 0 Å². The van der Waals surface area contributed by atoms with Crippen LogP contribution in [0.2, 0.25) is 5.02 Å². The van der Waals surface area contributed by atoms with E-state index < -0.39 is 12.1 Å². The van der Waals surface area contributed by atoms with E-state index in [0.29, 0.717) is 36.9 Å². The van der Waals surface area contributed by atoms with Gasteiger partial charge in [-0.25, -0.2) is 9.78 Å². The fourth-order valence-corrected chi connectivity index (χ4v) is 7.56. The number of carbonyl (C=O) groups is 2. The van der Waals surface area contributed by atoms with Crippen LogP contribution in [0, 0.1) is 6.92 Å². The summed E-state index contributed by atoms with van der Waals surface area (Å²) in [5, 5.41) is 3.85. The molecule has 1 saturated carbocycles. The highest BCUT2D eigenvalue weighted by Crippen LogP contribution is 2.38. The number of pyridine rings is 1. The van der Waals surface area contributed by atoms with Gasteiger partial charge in [-0.05, 0) is 98.0 Å². The molecule has 0 unspecified atom stereocenters. The van der Waals surface area contributed by atoms with Crippen LogP contribution in [0.3, 0.4) is 0 Å². The zero-order valence-corrected chi connectivity index (χ0v) is 27.5. The molecule has 0 spiro atoms. The summed E-state index contributed by atoms with van der Waals surface area (Å²) in [5.41, 5.74) is 7.19. The van der Waals surface area contributed by atoms with Gasteiger partial charge >= 0.3 is 6.09 Å². The maximum atomic E-state index is 14.2. The second-order valence-electron chi connectivity index (χ2n) is 13.0. The van der Waals surface area contributed by atoms with Crippen LogP contribution in [0.15, 0.2) is 73.3 Å². The van der Waals surface area contributed by atoms with E-state index in [0.717, 1.165) is 61.0 Å². The molecule has 0 bridgehead atoms. The highest BCUT2D eigenvalue weighted by molar-refractivity contribution is 6.30. The number of aromatic nitrogens is 3. The van der Waals surface area contributed by atoms with Crippen molar-refractivity contribution in [1.82, 2.24) is 24.3 Å². The van der Waals surface area contributed by atoms with Gasteiger partial charge in [0.1, 0.15) is 12.1 Å². The first-order chi connectivity index (χ1) is 22.9. The average molecular weight is 653 g/mol. The summed E-state index contributed by atoms with van der Waals surface area (Å²) in [5.74, 6) is -0.239. The molecular formula is C37H41ClN6O3. The number of anilines is 1. The number of hydrogen-bond donors (Lipinski definition) is 1. The van der Waals surface area contributed by atoms with Gasteiger partial charge < -0.3 is 14.6 Å². The zero-order chi connectivity index (χ0) is 32.3. The van der Waals surface area contributed by atoms with Gasteiger partial charge in [0.05, 0.1) is 23.8 Å². The van der Waals surface area contributed by atoms with Crippen LogP contribution >= 0.6 is 11.6 Å². The third kappa shape index (κ3) is 7.06. The van der Waals surface area contributed by atoms with Crippen LogP contribution < -0.4 is 5.32 Å². The highest BCUT2D eigenvalue weighted by Gasteiger charge is 2.41. The molecule has 2 aromatic carbocycles. The highest BCUT2D eigenvalue weighted by atomic mass is 35.5. The van der Waals surface area contributed by atoms with Crippen LogP contribution in [0.5, 0.6) is 0 Å². The number of fused-ring (bicyclic) bond motifs is 2. The number of piperazine rings is 1. The topological polar surface area (TPSA) is 92.6 Å². The van der Waals surface area contributed by atoms with Crippen molar-refractivity contribution in [3.05, 3.63) is 112 Å². The maximum Gasteiger partial charge on any atom is 0.410 e. The Bertz CT molecular complexity index is 1750. The fourth-order valence-electron chi connectivity index (χ4n) is 7.37. The van der Waals surface area contributed by atoms with Gasteiger partial charge in [-0.15, -0.1) is 0 Å². The molecule has 7 rings (SSSR count). The summed E-state index contributed by atoms with van der Waals surface area (Å²) in [6.45, 7) is 3.88. The molecule has 2 aliphatic carbocycles. The first-order valence-corrected chi connectivity index (χ1v) is 17.1. The van der Waals surface area contributed by atoms with Crippen molar-refractivity contribution < 1.29 is 14.3 Å². The van der Waals surface area contributed by atoms with Crippen molar-refractivity contribution in [1.29, 1.82) is 0 Å². The summed E-state index contributed by atoms with van der Waals surface area (Å²) in [6.07, 6.45) is 11.9. The number of nitrogens with zero attached hydrogens (tertiary/aromatic N) is 5. The molecule has 2 atom stereocenters. The van der Waals surface area contributed by atoms with Gasteiger partial charge in [0.25, 0.3) is 0 Å². The third-order valence-corrected chi connectivity index (χ3v) is 9.94. The number of nitrogens with one attached hydrogen (secondary N) is 1. The largest absolute Gasteiger partial charge is 0.446 e. The minimum absolute atomic E-state index is 0.101. The maximum absolute atomic E-state index is 14.2. The molecule has 3 heterocycles. The number of benzene rings is 2. The van der Waals surface area contributed by atoms with Gasteiger partial charge in [0.15, 0.2) is 0 Å². The van der Waals surface area contributed by atoms with Crippen LogP contribution in [-0.4, -0.2) is 68.1 Å². The van der Waals surface area contributed by atoms with E-state index in [4.69, 9.17) is 21.3 Å². The van der Waals surface area contributed by atoms with Gasteiger partial charge in [0.2, 0.25) is 5.91 Å². The smallest absolute Gasteiger partial charge is 0.410 e. The second-order valence-corrected chi connectivity index (χ2v) is 13.5. The van der Waals surface area contributed by atoms with Crippen molar-refractivity contribution in [2.45, 2.75) is 76.6 Å². The van der Waals surface area contributed by atoms with E-state index in [1.165, 1.54) is 17.5 Å². The normalized spacial score (nSPS) is 20.2. The number of halogens is 1. The molecule has 0 radical (unpaired) electrons. The Labute approximate surface area is 280 Å². The number of aryl methyl sites for hydroxylation is 3. The van der Waals surface area contributed by atoms with Gasteiger partial charge in [-0.3, -0.25) is 19.6 Å². The van der Waals surface area contributed by atoms with E-state index in [9.17, 15) is 9.59 Å². The van der Waals surface area contributed by atoms with Crippen molar-refractivity contribution >= 4 is 29.3 Å². The molecular weight excluding hydrogens is 612 g/mol. The summed E-state index contributed by atoms with van der Waals surface area (Å²) in [4.78, 5) is 41.1. The number of amides is 2. The van der Waals surface area contributed by atoms with E-state index in [1.54, 1.807) is 11.2 Å². The Morgan fingerprint density at radius 1 is 0.979 bits per heavy atom. The minimum Gasteiger partial charge on any atom is -0.446 e. The number of hydrogen-bond acceptors (Lipinski definition) is 6. The van der Waals surface area contributed by atoms with Crippen molar-refractivity contribution in [2.75, 3.05) is 25.0 Å². The molecule has 2 fully saturated rings. The Morgan fingerprint density at radius 2 is 1.83 bits per heavy atom. The van der Waals surface area contributed by atoms with Crippen LogP contribution in [0.1, 0.15) is 71.8 Å². The summed E-state index contributed by atoms with van der Waals surface area (Å²) in [6, 6.07) is 17.1. The predicted molar refractivity (Wildman–Crippen MR) is 181 cm³/mol. The Kier molecular flexibility index (Phi) is 9.27. The third-order valence-electron chi connectivity index (χ3n) is 9.70. The SMILES string of the molecule is Cc1cn(Cc2cccc(NC(=O)[C@H]3CN([C@@H]4c5ccc(Cl)cc5CCc5cccnc54)CCN3C(=O)OC3CCCCC3)c2)cn1. The molecule has 2 aromatic heterocycles. The molecule has 1 aliphatic heterocycles. The summed E-state index contributed by atoms with van der Waals surface area (Å²) < 4.78 is 8.04. The summed E-state index contributed by atoms with van der Waals surface area (Å²) >= 11 is 6.46. The monoisotopic (exact) mass is 652 g/mol. The lowest BCUT2D eigenvalue weighted by atomic mass is 9.95. The Hall–Kier alpha value is -4.21. The van der Waals surface area contributed by atoms with Crippen molar-refractivity contribution in [3.8, 4) is 0 Å². The molecule has 1 N–H and O–H groups in total. The number of ether oxygens (including phenoxy) is 1. The second kappa shape index (κ2) is 13.9. The molecule has 9 nitrogen and oxygen atoms in total. The van der Waals surface area contributed by atoms with Gasteiger partial charge in [-0.2, -0.15) is 0 Å². The standard InChI is InChI=1S/C37H41ClN6O3/c1-25-21-42(24-40-25)22-26-7-5-9-30(19-26)41-36(45)33-23-43(17-18-44(33)37(46)47-31-10-3-2-4-11-31)35-32-15-14-29(38)20-28(32)13-12-27-8-6-16-39-34(27)35/h5-9,14-16,19-21,24,31,33,35H,2-4,10-13,17-18,22-23H2,1H3,(H,41,45)/t33-,35-/m1/s1. The minimum atomic E-state index is -0.758. The lowest BCUT2D eigenvalue weighted by Crippen LogP contribution is -2.60. The zero-order valence-electron chi connectivity index (χ0n) is 26.8. The molecule has 10 heteroatoms. The quantitative estimate of drug-likeness (QED) is 0.253. The van der Waals surface area contributed by atoms with Gasteiger partial charge in [-0.1, -0.05) is 42.3 Å².